The van der Waals surface area contributed by atoms with E-state index in [0.717, 1.165) is 6.54 Å². The first-order chi connectivity index (χ1) is 8.77. The number of hydrogen-bond acceptors (Lipinski definition) is 2. The minimum absolute atomic E-state index is 0. The van der Waals surface area contributed by atoms with Crippen molar-refractivity contribution in [2.45, 2.75) is 38.5 Å². The van der Waals surface area contributed by atoms with Gasteiger partial charge in [-0.15, -0.1) is 12.4 Å². The minimum Gasteiger partial charge on any atom is -0.305 e. The Labute approximate surface area is 123 Å². The SMILES string of the molecule is CN(C)CC1=C(c2ccncc2)CCCCCC1.Cl. The summed E-state index contributed by atoms with van der Waals surface area (Å²) in [7, 11) is 4.33. The number of halogens is 1. The van der Waals surface area contributed by atoms with E-state index in [2.05, 4.69) is 36.1 Å². The van der Waals surface area contributed by atoms with Crippen LogP contribution >= 0.6 is 12.4 Å². The number of nitrogens with zero attached hydrogens (tertiary/aromatic N) is 2. The zero-order valence-corrected chi connectivity index (χ0v) is 12.9. The van der Waals surface area contributed by atoms with E-state index in [0.29, 0.717) is 0 Å². The Balaban J connectivity index is 0.00000180. The number of rotatable bonds is 3. The van der Waals surface area contributed by atoms with Gasteiger partial charge in [0.1, 0.15) is 0 Å². The van der Waals surface area contributed by atoms with Crippen LogP contribution in [0.2, 0.25) is 0 Å². The third-order valence-electron chi connectivity index (χ3n) is 3.62. The first-order valence-electron chi connectivity index (χ1n) is 7.03. The average Bonchev–Trinajstić information content (AvgIpc) is 2.34. The van der Waals surface area contributed by atoms with Crippen LogP contribution in [0, 0.1) is 0 Å². The van der Waals surface area contributed by atoms with Gasteiger partial charge in [-0.05, 0) is 63.0 Å². The molecule has 2 rings (SSSR count). The molecule has 1 heterocycles. The van der Waals surface area contributed by atoms with Crippen molar-refractivity contribution in [2.24, 2.45) is 0 Å². The molecule has 0 amide bonds. The smallest absolute Gasteiger partial charge is 0.0273 e. The van der Waals surface area contributed by atoms with Crippen LogP contribution in [0.25, 0.3) is 5.57 Å². The first kappa shape index (κ1) is 16.2. The maximum atomic E-state index is 4.14. The largest absolute Gasteiger partial charge is 0.305 e. The fourth-order valence-electron chi connectivity index (χ4n) is 2.78. The van der Waals surface area contributed by atoms with Gasteiger partial charge in [0, 0.05) is 18.9 Å². The van der Waals surface area contributed by atoms with Gasteiger partial charge in [-0.2, -0.15) is 0 Å². The Morgan fingerprint density at radius 1 is 1.00 bits per heavy atom. The van der Waals surface area contributed by atoms with Gasteiger partial charge >= 0.3 is 0 Å². The van der Waals surface area contributed by atoms with Crippen molar-refractivity contribution in [3.8, 4) is 0 Å². The monoisotopic (exact) mass is 280 g/mol. The Morgan fingerprint density at radius 2 is 1.63 bits per heavy atom. The van der Waals surface area contributed by atoms with Crippen molar-refractivity contribution in [2.75, 3.05) is 20.6 Å². The Kier molecular flexibility index (Phi) is 7.11. The molecule has 0 N–H and O–H groups in total. The predicted octanol–water partition coefficient (Wildman–Crippen LogP) is 4.17. The number of allylic oxidation sites excluding steroid dienone is 1. The summed E-state index contributed by atoms with van der Waals surface area (Å²) >= 11 is 0. The standard InChI is InChI=1S/C16H24N2.ClH/c1-18(2)13-15-7-5-3-4-6-8-16(15)14-9-11-17-12-10-14;/h9-12H,3-8,13H2,1-2H3;1H. The zero-order chi connectivity index (χ0) is 12.8. The molecule has 0 bridgehead atoms. The molecule has 0 unspecified atom stereocenters. The summed E-state index contributed by atoms with van der Waals surface area (Å²) < 4.78 is 0. The van der Waals surface area contributed by atoms with Crippen LogP contribution in [0.3, 0.4) is 0 Å². The van der Waals surface area contributed by atoms with Crippen LogP contribution in [-0.4, -0.2) is 30.5 Å². The highest BCUT2D eigenvalue weighted by molar-refractivity contribution is 5.85. The van der Waals surface area contributed by atoms with Crippen LogP contribution in [0.5, 0.6) is 0 Å². The van der Waals surface area contributed by atoms with Gasteiger partial charge in [0.25, 0.3) is 0 Å². The summed E-state index contributed by atoms with van der Waals surface area (Å²) in [6, 6.07) is 4.32. The van der Waals surface area contributed by atoms with Crippen molar-refractivity contribution in [1.29, 1.82) is 0 Å². The molecular weight excluding hydrogens is 256 g/mol. The second-order valence-corrected chi connectivity index (χ2v) is 5.47. The van der Waals surface area contributed by atoms with Crippen molar-refractivity contribution in [3.63, 3.8) is 0 Å². The first-order valence-corrected chi connectivity index (χ1v) is 7.03. The van der Waals surface area contributed by atoms with E-state index in [1.165, 1.54) is 44.1 Å². The summed E-state index contributed by atoms with van der Waals surface area (Å²) in [5.74, 6) is 0. The normalized spacial score (nSPS) is 16.8. The van der Waals surface area contributed by atoms with Crippen molar-refractivity contribution in [1.82, 2.24) is 9.88 Å². The number of aromatic nitrogens is 1. The summed E-state index contributed by atoms with van der Waals surface area (Å²) in [6.07, 6.45) is 11.8. The maximum Gasteiger partial charge on any atom is 0.0273 e. The molecule has 1 aliphatic rings. The lowest BCUT2D eigenvalue weighted by molar-refractivity contribution is 0.435. The molecule has 0 spiro atoms. The van der Waals surface area contributed by atoms with Crippen molar-refractivity contribution in [3.05, 3.63) is 35.7 Å². The van der Waals surface area contributed by atoms with Crippen molar-refractivity contribution >= 4 is 18.0 Å². The van der Waals surface area contributed by atoms with Crippen LogP contribution in [0.1, 0.15) is 44.1 Å². The van der Waals surface area contributed by atoms with E-state index >= 15 is 0 Å². The third-order valence-corrected chi connectivity index (χ3v) is 3.62. The highest BCUT2D eigenvalue weighted by atomic mass is 35.5. The van der Waals surface area contributed by atoms with Gasteiger partial charge in [0.2, 0.25) is 0 Å². The molecule has 0 aromatic carbocycles. The van der Waals surface area contributed by atoms with Gasteiger partial charge in [-0.3, -0.25) is 4.98 Å². The highest BCUT2D eigenvalue weighted by Gasteiger charge is 2.12. The predicted molar refractivity (Wildman–Crippen MR) is 84.7 cm³/mol. The average molecular weight is 281 g/mol. The fraction of sp³-hybridized carbons (Fsp3) is 0.562. The molecule has 106 valence electrons. The molecule has 3 heteroatoms. The van der Waals surface area contributed by atoms with Gasteiger partial charge in [-0.25, -0.2) is 0 Å². The van der Waals surface area contributed by atoms with E-state index in [1.54, 1.807) is 11.1 Å². The van der Waals surface area contributed by atoms with Gasteiger partial charge in [0.05, 0.1) is 0 Å². The van der Waals surface area contributed by atoms with Crippen LogP contribution in [-0.2, 0) is 0 Å². The lowest BCUT2D eigenvalue weighted by Gasteiger charge is -2.21. The van der Waals surface area contributed by atoms with E-state index in [-0.39, 0.29) is 12.4 Å². The molecule has 1 aromatic heterocycles. The molecule has 0 fully saturated rings. The van der Waals surface area contributed by atoms with E-state index in [4.69, 9.17) is 0 Å². The summed E-state index contributed by atoms with van der Waals surface area (Å²) in [5.41, 5.74) is 4.58. The van der Waals surface area contributed by atoms with Gasteiger partial charge < -0.3 is 4.90 Å². The Hall–Kier alpha value is -0.860. The second kappa shape index (κ2) is 8.34. The topological polar surface area (TPSA) is 16.1 Å². The highest BCUT2D eigenvalue weighted by Crippen LogP contribution is 2.30. The molecule has 0 atom stereocenters. The molecular formula is C16H25ClN2. The van der Waals surface area contributed by atoms with Gasteiger partial charge in [0.15, 0.2) is 0 Å². The molecule has 19 heavy (non-hydrogen) atoms. The lowest BCUT2D eigenvalue weighted by atomic mass is 9.89. The van der Waals surface area contributed by atoms with E-state index in [9.17, 15) is 0 Å². The maximum absolute atomic E-state index is 4.14. The molecule has 0 aliphatic heterocycles. The molecule has 0 saturated carbocycles. The molecule has 0 saturated heterocycles. The minimum atomic E-state index is 0. The van der Waals surface area contributed by atoms with Crippen LogP contribution < -0.4 is 0 Å². The molecule has 0 radical (unpaired) electrons. The number of pyridine rings is 1. The van der Waals surface area contributed by atoms with E-state index in [1.807, 2.05) is 12.4 Å². The Bertz CT molecular complexity index is 398. The molecule has 1 aliphatic carbocycles. The van der Waals surface area contributed by atoms with Crippen LogP contribution in [0.15, 0.2) is 30.1 Å². The fourth-order valence-corrected chi connectivity index (χ4v) is 2.78. The Morgan fingerprint density at radius 3 is 2.26 bits per heavy atom. The summed E-state index contributed by atoms with van der Waals surface area (Å²) in [5, 5.41) is 0. The second-order valence-electron chi connectivity index (χ2n) is 5.47. The summed E-state index contributed by atoms with van der Waals surface area (Å²) in [6.45, 7) is 1.09. The molecule has 1 aromatic rings. The zero-order valence-electron chi connectivity index (χ0n) is 12.1. The van der Waals surface area contributed by atoms with Crippen molar-refractivity contribution < 1.29 is 0 Å². The quantitative estimate of drug-likeness (QED) is 0.826. The number of likely N-dealkylation sites (N-methyl/N-ethyl adjacent to an activating group) is 1. The number of hydrogen-bond donors (Lipinski definition) is 0. The van der Waals surface area contributed by atoms with E-state index < -0.39 is 0 Å². The molecule has 2 nitrogen and oxygen atoms in total. The van der Waals surface area contributed by atoms with Crippen LogP contribution in [0.4, 0.5) is 0 Å². The summed E-state index contributed by atoms with van der Waals surface area (Å²) in [4.78, 5) is 6.42. The lowest BCUT2D eigenvalue weighted by Crippen LogP contribution is -2.17. The van der Waals surface area contributed by atoms with Gasteiger partial charge in [-0.1, -0.05) is 18.4 Å². The third kappa shape index (κ3) is 4.96.